The lowest BCUT2D eigenvalue weighted by Crippen LogP contribution is -2.64. The lowest BCUT2D eigenvalue weighted by Gasteiger charge is -2.47. The number of rotatable bonds is 3. The fourth-order valence-corrected chi connectivity index (χ4v) is 5.75. The van der Waals surface area contributed by atoms with Crippen LogP contribution in [0.2, 0.25) is 0 Å². The average molecular weight is 481 g/mol. The van der Waals surface area contributed by atoms with Crippen molar-refractivity contribution >= 4 is 44.6 Å². The van der Waals surface area contributed by atoms with E-state index >= 15 is 0 Å². The van der Waals surface area contributed by atoms with Gasteiger partial charge < -0.3 is 9.80 Å². The van der Waals surface area contributed by atoms with Crippen molar-refractivity contribution in [1.29, 1.82) is 0 Å². The first-order valence-corrected chi connectivity index (χ1v) is 11.8. The maximum atomic E-state index is 12.9. The van der Waals surface area contributed by atoms with Crippen LogP contribution in [0.15, 0.2) is 35.8 Å². The average Bonchev–Trinajstić information content (AvgIpc) is 3.41. The van der Waals surface area contributed by atoms with Gasteiger partial charge in [0.25, 0.3) is 11.8 Å². The summed E-state index contributed by atoms with van der Waals surface area (Å²) in [6.45, 7) is 3.91. The number of amides is 2. The molecule has 2 amide bonds. The third-order valence-electron chi connectivity index (χ3n) is 5.94. The van der Waals surface area contributed by atoms with Gasteiger partial charge in [-0.15, -0.1) is 22.7 Å². The Morgan fingerprint density at radius 3 is 2.41 bits per heavy atom. The number of hydrogen-bond acceptors (Lipinski definition) is 6. The van der Waals surface area contributed by atoms with Crippen LogP contribution in [0.3, 0.4) is 0 Å². The second kappa shape index (κ2) is 8.13. The van der Waals surface area contributed by atoms with E-state index in [0.29, 0.717) is 46.1 Å². The van der Waals surface area contributed by atoms with Crippen LogP contribution in [0, 0.1) is 0 Å². The molecule has 4 heterocycles. The zero-order valence-electron chi connectivity index (χ0n) is 16.8. The number of benzene rings is 1. The highest BCUT2D eigenvalue weighted by Gasteiger charge is 2.38. The minimum absolute atomic E-state index is 0.0384. The zero-order valence-corrected chi connectivity index (χ0v) is 18.5. The first-order chi connectivity index (χ1) is 15.3. The topological polar surface area (TPSA) is 56.8 Å². The molecule has 2 aliphatic rings. The maximum absolute atomic E-state index is 12.9. The molecule has 0 saturated carbocycles. The number of aromatic nitrogens is 1. The number of alkyl halides is 3. The molecule has 11 heteroatoms. The van der Waals surface area contributed by atoms with Crippen molar-refractivity contribution in [2.45, 2.75) is 12.2 Å². The van der Waals surface area contributed by atoms with Crippen molar-refractivity contribution in [1.82, 2.24) is 19.7 Å². The molecule has 0 atom stereocenters. The number of nitrogens with zero attached hydrogens (tertiary/aromatic N) is 4. The summed E-state index contributed by atoms with van der Waals surface area (Å²) >= 11 is 2.44. The minimum Gasteiger partial charge on any atom is -0.335 e. The summed E-state index contributed by atoms with van der Waals surface area (Å²) in [5.74, 6) is -0.183. The summed E-state index contributed by atoms with van der Waals surface area (Å²) in [7, 11) is 0. The number of halogens is 3. The molecular formula is C21H19F3N4O2S2. The molecule has 2 aromatic heterocycles. The summed E-state index contributed by atoms with van der Waals surface area (Å²) in [6.07, 6.45) is -2.78. The zero-order chi connectivity index (χ0) is 22.5. The highest BCUT2D eigenvalue weighted by molar-refractivity contribution is 7.20. The molecule has 0 unspecified atom stereocenters. The largest absolute Gasteiger partial charge is 0.416 e. The molecule has 2 saturated heterocycles. The SMILES string of the molecule is O=C(c1cc2ccc(C(F)(F)F)cc2s1)N1CC(N2CCN(C(=O)c3nccs3)CC2)C1. The molecule has 0 aliphatic carbocycles. The van der Waals surface area contributed by atoms with Gasteiger partial charge in [0, 0.05) is 61.6 Å². The van der Waals surface area contributed by atoms with Crippen LogP contribution in [0.5, 0.6) is 0 Å². The van der Waals surface area contributed by atoms with Crippen LogP contribution >= 0.6 is 22.7 Å². The van der Waals surface area contributed by atoms with E-state index < -0.39 is 11.7 Å². The van der Waals surface area contributed by atoms with Crippen molar-refractivity contribution in [3.05, 3.63) is 51.3 Å². The van der Waals surface area contributed by atoms with Gasteiger partial charge in [0.2, 0.25) is 0 Å². The van der Waals surface area contributed by atoms with Gasteiger partial charge in [0.1, 0.15) is 0 Å². The summed E-state index contributed by atoms with van der Waals surface area (Å²) in [6, 6.07) is 5.46. The molecule has 6 nitrogen and oxygen atoms in total. The van der Waals surface area contributed by atoms with E-state index in [0.717, 1.165) is 36.6 Å². The smallest absolute Gasteiger partial charge is 0.335 e. The Balaban J connectivity index is 1.16. The van der Waals surface area contributed by atoms with Gasteiger partial charge in [-0.3, -0.25) is 14.5 Å². The maximum Gasteiger partial charge on any atom is 0.416 e. The number of thiazole rings is 1. The predicted octanol–water partition coefficient (Wildman–Crippen LogP) is 3.66. The summed E-state index contributed by atoms with van der Waals surface area (Å²) in [4.78, 5) is 35.6. The molecule has 168 valence electrons. The minimum atomic E-state index is -4.40. The van der Waals surface area contributed by atoms with Crippen LogP contribution in [0.25, 0.3) is 10.1 Å². The van der Waals surface area contributed by atoms with Gasteiger partial charge in [-0.05, 0) is 23.6 Å². The molecule has 0 spiro atoms. The molecule has 5 rings (SSSR count). The Morgan fingerprint density at radius 2 is 1.75 bits per heavy atom. The Kier molecular flexibility index (Phi) is 5.42. The number of likely N-dealkylation sites (tertiary alicyclic amines) is 1. The van der Waals surface area contributed by atoms with Gasteiger partial charge in [-0.1, -0.05) is 6.07 Å². The van der Waals surface area contributed by atoms with Gasteiger partial charge in [-0.25, -0.2) is 4.98 Å². The van der Waals surface area contributed by atoms with Crippen LogP contribution in [0.1, 0.15) is 25.0 Å². The highest BCUT2D eigenvalue weighted by Crippen LogP contribution is 2.35. The second-order valence-corrected chi connectivity index (χ2v) is 9.87. The van der Waals surface area contributed by atoms with Crippen molar-refractivity contribution in [3.63, 3.8) is 0 Å². The van der Waals surface area contributed by atoms with E-state index in [-0.39, 0.29) is 17.9 Å². The Labute approximate surface area is 189 Å². The van der Waals surface area contributed by atoms with Crippen molar-refractivity contribution in [2.75, 3.05) is 39.3 Å². The van der Waals surface area contributed by atoms with Crippen LogP contribution in [0.4, 0.5) is 13.2 Å². The normalized spacial score (nSPS) is 18.2. The third kappa shape index (κ3) is 4.00. The molecule has 1 aromatic carbocycles. The number of thiophene rings is 1. The molecular weight excluding hydrogens is 461 g/mol. The van der Waals surface area contributed by atoms with Crippen LogP contribution in [-0.4, -0.2) is 76.8 Å². The van der Waals surface area contributed by atoms with E-state index in [9.17, 15) is 22.8 Å². The lowest BCUT2D eigenvalue weighted by atomic mass is 10.1. The highest BCUT2D eigenvalue weighted by atomic mass is 32.1. The molecule has 32 heavy (non-hydrogen) atoms. The Morgan fingerprint density at radius 1 is 1.00 bits per heavy atom. The predicted molar refractivity (Wildman–Crippen MR) is 116 cm³/mol. The number of carbonyl (C=O) groups excluding carboxylic acids is 2. The fraction of sp³-hybridized carbons (Fsp3) is 0.381. The second-order valence-electron chi connectivity index (χ2n) is 7.89. The monoisotopic (exact) mass is 480 g/mol. The van der Waals surface area contributed by atoms with E-state index in [1.54, 1.807) is 22.5 Å². The van der Waals surface area contributed by atoms with Crippen LogP contribution in [-0.2, 0) is 6.18 Å². The number of hydrogen-bond donors (Lipinski definition) is 0. The van der Waals surface area contributed by atoms with Crippen molar-refractivity contribution < 1.29 is 22.8 Å². The van der Waals surface area contributed by atoms with E-state index in [4.69, 9.17) is 0 Å². The Bertz CT molecular complexity index is 1150. The molecule has 0 radical (unpaired) electrons. The number of fused-ring (bicyclic) bond motifs is 1. The summed E-state index contributed by atoms with van der Waals surface area (Å²) < 4.78 is 39.3. The van der Waals surface area contributed by atoms with E-state index in [1.165, 1.54) is 17.4 Å². The molecule has 3 aromatic rings. The summed E-state index contributed by atoms with van der Waals surface area (Å²) in [5, 5.41) is 2.93. The van der Waals surface area contributed by atoms with Gasteiger partial charge in [0.15, 0.2) is 5.01 Å². The molecule has 2 fully saturated rings. The fourth-order valence-electron chi connectivity index (χ4n) is 4.08. The van der Waals surface area contributed by atoms with Crippen LogP contribution < -0.4 is 0 Å². The molecule has 0 N–H and O–H groups in total. The van der Waals surface area contributed by atoms with E-state index in [2.05, 4.69) is 9.88 Å². The lowest BCUT2D eigenvalue weighted by molar-refractivity contribution is -0.137. The number of piperazine rings is 1. The quantitative estimate of drug-likeness (QED) is 0.574. The van der Waals surface area contributed by atoms with E-state index in [1.807, 2.05) is 4.90 Å². The van der Waals surface area contributed by atoms with Gasteiger partial charge in [-0.2, -0.15) is 13.2 Å². The van der Waals surface area contributed by atoms with Gasteiger partial charge in [0.05, 0.1) is 10.4 Å². The first-order valence-electron chi connectivity index (χ1n) is 10.1. The summed E-state index contributed by atoms with van der Waals surface area (Å²) in [5.41, 5.74) is -0.706. The number of carbonyl (C=O) groups is 2. The molecule has 0 bridgehead atoms. The molecule has 2 aliphatic heterocycles. The third-order valence-corrected chi connectivity index (χ3v) is 7.79. The van der Waals surface area contributed by atoms with Crippen molar-refractivity contribution in [2.24, 2.45) is 0 Å². The standard InChI is InChI=1S/C21H19F3N4O2S2/c22-21(23,24)14-2-1-13-9-17(32-16(13)10-14)19(29)28-11-15(12-28)26-4-6-27(7-5-26)20(30)18-25-3-8-31-18/h1-3,8-10,15H,4-7,11-12H2. The van der Waals surface area contributed by atoms with Gasteiger partial charge >= 0.3 is 6.18 Å². The Hall–Kier alpha value is -2.50. The first kappa shape index (κ1) is 21.4. The van der Waals surface area contributed by atoms with Crippen molar-refractivity contribution in [3.8, 4) is 0 Å².